The van der Waals surface area contributed by atoms with Crippen molar-refractivity contribution >= 4 is 5.78 Å². The number of pyridine rings is 1. The van der Waals surface area contributed by atoms with Gasteiger partial charge in [0.05, 0.1) is 0 Å². The summed E-state index contributed by atoms with van der Waals surface area (Å²) >= 11 is 0. The third kappa shape index (κ3) is 3.39. The van der Waals surface area contributed by atoms with Crippen LogP contribution < -0.4 is 0 Å². The van der Waals surface area contributed by atoms with Crippen LogP contribution in [0.5, 0.6) is 0 Å². The van der Waals surface area contributed by atoms with Crippen LogP contribution in [0.3, 0.4) is 0 Å². The van der Waals surface area contributed by atoms with E-state index in [0.717, 1.165) is 18.5 Å². The van der Waals surface area contributed by atoms with E-state index < -0.39 is 0 Å². The van der Waals surface area contributed by atoms with Gasteiger partial charge in [-0.15, -0.1) is 0 Å². The molecular formula is C15H21NO. The molecule has 1 aromatic rings. The van der Waals surface area contributed by atoms with Gasteiger partial charge in [0.15, 0.2) is 0 Å². The van der Waals surface area contributed by atoms with Crippen LogP contribution in [0.2, 0.25) is 0 Å². The molecule has 1 heterocycles. The van der Waals surface area contributed by atoms with Crippen LogP contribution >= 0.6 is 0 Å². The molecular weight excluding hydrogens is 210 g/mol. The molecule has 2 rings (SSSR count). The maximum absolute atomic E-state index is 12.2. The highest BCUT2D eigenvalue weighted by Crippen LogP contribution is 2.33. The number of hydrogen-bond donors (Lipinski definition) is 0. The number of Topliss-reactive ketones (excluding diaryl/α,β-unsaturated/α-hetero) is 1. The first-order chi connectivity index (χ1) is 8.15. The molecule has 0 aliphatic heterocycles. The zero-order chi connectivity index (χ0) is 12.3. The lowest BCUT2D eigenvalue weighted by Crippen LogP contribution is -2.27. The van der Waals surface area contributed by atoms with E-state index >= 15 is 0 Å². The predicted molar refractivity (Wildman–Crippen MR) is 68.6 cm³/mol. The second-order valence-electron chi connectivity index (χ2n) is 5.58. The first-order valence-corrected chi connectivity index (χ1v) is 6.57. The average Bonchev–Trinajstić information content (AvgIpc) is 2.29. The Morgan fingerprint density at radius 3 is 2.53 bits per heavy atom. The highest BCUT2D eigenvalue weighted by Gasteiger charge is 2.28. The molecule has 17 heavy (non-hydrogen) atoms. The highest BCUT2D eigenvalue weighted by atomic mass is 16.1. The Morgan fingerprint density at radius 1 is 1.24 bits per heavy atom. The fourth-order valence-electron chi connectivity index (χ4n) is 3.04. The molecule has 1 aromatic heterocycles. The Balaban J connectivity index is 1.96. The van der Waals surface area contributed by atoms with Gasteiger partial charge in [-0.3, -0.25) is 9.78 Å². The van der Waals surface area contributed by atoms with Crippen LogP contribution in [-0.4, -0.2) is 10.8 Å². The predicted octanol–water partition coefficient (Wildman–Crippen LogP) is 3.27. The van der Waals surface area contributed by atoms with Gasteiger partial charge >= 0.3 is 0 Å². The fourth-order valence-corrected chi connectivity index (χ4v) is 3.04. The zero-order valence-corrected chi connectivity index (χ0v) is 10.7. The van der Waals surface area contributed by atoms with Gasteiger partial charge in [-0.05, 0) is 43.2 Å². The van der Waals surface area contributed by atoms with Gasteiger partial charge in [0, 0.05) is 24.2 Å². The molecule has 0 aromatic carbocycles. The minimum atomic E-state index is 0.260. The van der Waals surface area contributed by atoms with Gasteiger partial charge in [0.2, 0.25) is 0 Å². The first kappa shape index (κ1) is 12.3. The molecule has 1 aliphatic carbocycles. The lowest BCUT2D eigenvalue weighted by molar-refractivity contribution is -0.124. The van der Waals surface area contributed by atoms with Gasteiger partial charge in [-0.1, -0.05) is 19.9 Å². The number of rotatable bonds is 3. The molecule has 92 valence electrons. The number of hydrogen-bond acceptors (Lipinski definition) is 2. The molecule has 0 spiro atoms. The van der Waals surface area contributed by atoms with E-state index in [1.165, 1.54) is 6.42 Å². The Bertz CT molecular complexity index is 364. The van der Waals surface area contributed by atoms with Gasteiger partial charge < -0.3 is 0 Å². The van der Waals surface area contributed by atoms with Crippen LogP contribution in [0.1, 0.15) is 38.8 Å². The molecule has 2 unspecified atom stereocenters. The maximum Gasteiger partial charge on any atom is 0.141 e. The van der Waals surface area contributed by atoms with Crippen LogP contribution in [-0.2, 0) is 11.2 Å². The van der Waals surface area contributed by atoms with E-state index in [0.29, 0.717) is 24.0 Å². The number of nitrogens with zero attached hydrogens (tertiary/aromatic N) is 1. The van der Waals surface area contributed by atoms with Crippen molar-refractivity contribution in [2.45, 2.75) is 39.5 Å². The van der Waals surface area contributed by atoms with Gasteiger partial charge in [0.1, 0.15) is 5.78 Å². The Hall–Kier alpha value is -1.18. The molecule has 1 saturated carbocycles. The third-order valence-electron chi connectivity index (χ3n) is 3.72. The summed E-state index contributed by atoms with van der Waals surface area (Å²) < 4.78 is 0. The SMILES string of the molecule is CC1CC(C)CC(C(=O)Cc2ccccn2)C1. The molecule has 0 radical (unpaired) electrons. The molecule has 1 aliphatic rings. The van der Waals surface area contributed by atoms with Gasteiger partial charge in [-0.25, -0.2) is 0 Å². The number of ketones is 1. The molecule has 0 saturated heterocycles. The van der Waals surface area contributed by atoms with Crippen molar-refractivity contribution in [3.8, 4) is 0 Å². The molecule has 0 amide bonds. The summed E-state index contributed by atoms with van der Waals surface area (Å²) in [5.74, 6) is 2.02. The van der Waals surface area contributed by atoms with Crippen LogP contribution in [0.4, 0.5) is 0 Å². The molecule has 0 N–H and O–H groups in total. The van der Waals surface area contributed by atoms with E-state index in [-0.39, 0.29) is 5.92 Å². The first-order valence-electron chi connectivity index (χ1n) is 6.57. The summed E-state index contributed by atoms with van der Waals surface area (Å²) in [7, 11) is 0. The van der Waals surface area contributed by atoms with Crippen molar-refractivity contribution in [3.63, 3.8) is 0 Å². The number of carbonyl (C=O) groups is 1. The summed E-state index contributed by atoms with van der Waals surface area (Å²) in [6, 6.07) is 5.77. The van der Waals surface area contributed by atoms with Gasteiger partial charge in [-0.2, -0.15) is 0 Å². The smallest absolute Gasteiger partial charge is 0.141 e. The van der Waals surface area contributed by atoms with E-state index in [1.54, 1.807) is 6.20 Å². The van der Waals surface area contributed by atoms with Crippen molar-refractivity contribution in [2.24, 2.45) is 17.8 Å². The molecule has 1 fully saturated rings. The summed E-state index contributed by atoms with van der Waals surface area (Å²) in [6.07, 6.45) is 5.67. The van der Waals surface area contributed by atoms with E-state index in [2.05, 4.69) is 18.8 Å². The van der Waals surface area contributed by atoms with Gasteiger partial charge in [0.25, 0.3) is 0 Å². The minimum absolute atomic E-state index is 0.260. The minimum Gasteiger partial charge on any atom is -0.299 e. The standard InChI is InChI=1S/C15H21NO/c1-11-7-12(2)9-13(8-11)15(17)10-14-5-3-4-6-16-14/h3-6,11-13H,7-10H2,1-2H3. The van der Waals surface area contributed by atoms with Crippen LogP contribution in [0.25, 0.3) is 0 Å². The van der Waals surface area contributed by atoms with Crippen molar-refractivity contribution in [2.75, 3.05) is 0 Å². The Labute approximate surface area is 103 Å². The second-order valence-corrected chi connectivity index (χ2v) is 5.58. The monoisotopic (exact) mass is 231 g/mol. The lowest BCUT2D eigenvalue weighted by Gasteiger charge is -2.30. The van der Waals surface area contributed by atoms with Crippen molar-refractivity contribution in [1.29, 1.82) is 0 Å². The second kappa shape index (κ2) is 5.44. The zero-order valence-electron chi connectivity index (χ0n) is 10.7. The number of aromatic nitrogens is 1. The Kier molecular flexibility index (Phi) is 3.93. The van der Waals surface area contributed by atoms with E-state index in [4.69, 9.17) is 0 Å². The summed E-state index contributed by atoms with van der Waals surface area (Å²) in [6.45, 7) is 4.52. The topological polar surface area (TPSA) is 30.0 Å². The average molecular weight is 231 g/mol. The maximum atomic E-state index is 12.2. The third-order valence-corrected chi connectivity index (χ3v) is 3.72. The number of carbonyl (C=O) groups excluding carboxylic acids is 1. The van der Waals surface area contributed by atoms with E-state index in [9.17, 15) is 4.79 Å². The summed E-state index contributed by atoms with van der Waals surface area (Å²) in [5.41, 5.74) is 0.906. The quantitative estimate of drug-likeness (QED) is 0.799. The highest BCUT2D eigenvalue weighted by molar-refractivity contribution is 5.83. The van der Waals surface area contributed by atoms with E-state index in [1.807, 2.05) is 18.2 Å². The summed E-state index contributed by atoms with van der Waals surface area (Å²) in [5, 5.41) is 0. The molecule has 2 atom stereocenters. The largest absolute Gasteiger partial charge is 0.299 e. The Morgan fingerprint density at radius 2 is 1.94 bits per heavy atom. The van der Waals surface area contributed by atoms with Crippen molar-refractivity contribution < 1.29 is 4.79 Å². The van der Waals surface area contributed by atoms with Crippen molar-refractivity contribution in [1.82, 2.24) is 4.98 Å². The van der Waals surface area contributed by atoms with Crippen LogP contribution in [0, 0.1) is 17.8 Å². The molecule has 2 heteroatoms. The lowest BCUT2D eigenvalue weighted by atomic mass is 9.74. The molecule has 2 nitrogen and oxygen atoms in total. The van der Waals surface area contributed by atoms with Crippen molar-refractivity contribution in [3.05, 3.63) is 30.1 Å². The normalized spacial score (nSPS) is 28.9. The molecule has 0 bridgehead atoms. The van der Waals surface area contributed by atoms with Crippen LogP contribution in [0.15, 0.2) is 24.4 Å². The summed E-state index contributed by atoms with van der Waals surface area (Å²) in [4.78, 5) is 16.4. The fraction of sp³-hybridized carbons (Fsp3) is 0.600.